The first kappa shape index (κ1) is 11.8. The average molecular weight is 316 g/mol. The lowest BCUT2D eigenvalue weighted by Crippen LogP contribution is -1.83. The molecule has 0 fully saturated rings. The van der Waals surface area contributed by atoms with Crippen LogP contribution in [0.4, 0.5) is 0 Å². The first-order valence-corrected chi connectivity index (χ1v) is 7.22. The summed E-state index contributed by atoms with van der Waals surface area (Å²) in [7, 11) is 0. The molecule has 0 bridgehead atoms. The number of benzene rings is 2. The Hall–Kier alpha value is -1.32. The van der Waals surface area contributed by atoms with Crippen molar-refractivity contribution in [2.24, 2.45) is 0 Å². The van der Waals surface area contributed by atoms with E-state index in [2.05, 4.69) is 45.2 Å². The summed E-state index contributed by atoms with van der Waals surface area (Å²) in [5.41, 5.74) is 0. The number of fused-ring (bicyclic) bond motifs is 1. The predicted octanol–water partition coefficient (Wildman–Crippen LogP) is 5.15. The molecule has 0 spiro atoms. The van der Waals surface area contributed by atoms with Crippen LogP contribution in [0.25, 0.3) is 10.8 Å². The molecule has 3 aromatic rings. The normalized spacial score (nSPS) is 10.7. The van der Waals surface area contributed by atoms with Crippen LogP contribution in [0.1, 0.15) is 0 Å². The van der Waals surface area contributed by atoms with Crippen molar-refractivity contribution in [2.45, 2.75) is 9.92 Å². The summed E-state index contributed by atoms with van der Waals surface area (Å²) in [4.78, 5) is 5.69. The lowest BCUT2D eigenvalue weighted by Gasteiger charge is -2.06. The summed E-state index contributed by atoms with van der Waals surface area (Å²) in [6, 6.07) is 18.6. The third-order valence-electron chi connectivity index (χ3n) is 2.67. The molecule has 3 heteroatoms. The van der Waals surface area contributed by atoms with Gasteiger partial charge < -0.3 is 0 Å². The van der Waals surface area contributed by atoms with E-state index in [1.54, 1.807) is 11.8 Å². The quantitative estimate of drug-likeness (QED) is 0.648. The summed E-state index contributed by atoms with van der Waals surface area (Å²) < 4.78 is 1.11. The topological polar surface area (TPSA) is 12.9 Å². The van der Waals surface area contributed by atoms with E-state index in [4.69, 9.17) is 0 Å². The van der Waals surface area contributed by atoms with Crippen molar-refractivity contribution in [1.82, 2.24) is 4.98 Å². The van der Waals surface area contributed by atoms with Gasteiger partial charge >= 0.3 is 0 Å². The van der Waals surface area contributed by atoms with Gasteiger partial charge in [0.15, 0.2) is 0 Å². The van der Waals surface area contributed by atoms with Crippen molar-refractivity contribution in [2.75, 3.05) is 0 Å². The molecule has 2 aromatic carbocycles. The second kappa shape index (κ2) is 5.12. The highest BCUT2D eigenvalue weighted by Crippen LogP contribution is 2.33. The van der Waals surface area contributed by atoms with E-state index in [-0.39, 0.29) is 0 Å². The second-order valence-corrected chi connectivity index (χ2v) is 5.78. The molecular formula is C15H10BrNS. The Balaban J connectivity index is 2.10. The molecule has 3 rings (SSSR count). The van der Waals surface area contributed by atoms with Gasteiger partial charge in [-0.25, -0.2) is 4.98 Å². The fourth-order valence-corrected chi connectivity index (χ4v) is 3.24. The van der Waals surface area contributed by atoms with E-state index < -0.39 is 0 Å². The number of nitrogens with zero attached hydrogens (tertiary/aromatic N) is 1. The Morgan fingerprint density at radius 3 is 2.50 bits per heavy atom. The zero-order valence-electron chi connectivity index (χ0n) is 9.51. The van der Waals surface area contributed by atoms with Crippen LogP contribution in [0.3, 0.4) is 0 Å². The molecule has 0 saturated heterocycles. The first-order chi connectivity index (χ1) is 8.84. The molecule has 88 valence electrons. The minimum Gasteiger partial charge on any atom is -0.249 e. The number of rotatable bonds is 2. The van der Waals surface area contributed by atoms with Crippen molar-refractivity contribution in [3.63, 3.8) is 0 Å². The molecule has 1 heterocycles. The summed E-state index contributed by atoms with van der Waals surface area (Å²) in [5.74, 6) is 0. The van der Waals surface area contributed by atoms with Gasteiger partial charge in [0.25, 0.3) is 0 Å². The molecule has 0 N–H and O–H groups in total. The van der Waals surface area contributed by atoms with E-state index in [0.29, 0.717) is 0 Å². The molecule has 18 heavy (non-hydrogen) atoms. The van der Waals surface area contributed by atoms with Crippen molar-refractivity contribution in [3.05, 3.63) is 65.3 Å². The van der Waals surface area contributed by atoms with Crippen LogP contribution in [0.5, 0.6) is 0 Å². The average Bonchev–Trinajstić information content (AvgIpc) is 2.41. The van der Waals surface area contributed by atoms with Crippen LogP contribution in [-0.4, -0.2) is 4.98 Å². The highest BCUT2D eigenvalue weighted by molar-refractivity contribution is 9.10. The second-order valence-electron chi connectivity index (χ2n) is 3.87. The number of aromatic nitrogens is 1. The molecule has 0 amide bonds. The van der Waals surface area contributed by atoms with Crippen LogP contribution < -0.4 is 0 Å². The van der Waals surface area contributed by atoms with E-state index in [9.17, 15) is 0 Å². The molecule has 0 aliphatic rings. The van der Waals surface area contributed by atoms with E-state index >= 15 is 0 Å². The molecule has 0 unspecified atom stereocenters. The molecule has 0 aliphatic heterocycles. The van der Waals surface area contributed by atoms with Crippen molar-refractivity contribution < 1.29 is 0 Å². The van der Waals surface area contributed by atoms with Gasteiger partial charge in [0, 0.05) is 26.3 Å². The van der Waals surface area contributed by atoms with Crippen LogP contribution in [0, 0.1) is 0 Å². The van der Waals surface area contributed by atoms with Crippen LogP contribution in [0.2, 0.25) is 0 Å². The number of hydrogen-bond donors (Lipinski definition) is 0. The Kier molecular flexibility index (Phi) is 3.35. The third-order valence-corrected chi connectivity index (χ3v) is 4.39. The number of halogens is 1. The van der Waals surface area contributed by atoms with Crippen molar-refractivity contribution in [1.29, 1.82) is 0 Å². The highest BCUT2D eigenvalue weighted by Gasteiger charge is 2.06. The molecule has 0 saturated carbocycles. The smallest absolute Gasteiger partial charge is 0.109 e. The lowest BCUT2D eigenvalue weighted by molar-refractivity contribution is 1.17. The lowest BCUT2D eigenvalue weighted by atomic mass is 10.2. The molecule has 1 aromatic heterocycles. The summed E-state index contributed by atoms with van der Waals surface area (Å²) in [6.07, 6.45) is 1.86. The SMILES string of the molecule is Brc1cccc2c(Sc3ccccc3)nccc12. The maximum atomic E-state index is 4.49. The molecule has 1 nitrogen and oxygen atoms in total. The minimum atomic E-state index is 1.04. The molecular weight excluding hydrogens is 306 g/mol. The van der Waals surface area contributed by atoms with Crippen molar-refractivity contribution in [3.8, 4) is 0 Å². The van der Waals surface area contributed by atoms with Crippen molar-refractivity contribution >= 4 is 38.5 Å². The fourth-order valence-electron chi connectivity index (χ4n) is 1.82. The van der Waals surface area contributed by atoms with Crippen LogP contribution >= 0.6 is 27.7 Å². The van der Waals surface area contributed by atoms with Gasteiger partial charge in [-0.05, 0) is 24.3 Å². The number of pyridine rings is 1. The van der Waals surface area contributed by atoms with E-state index in [1.165, 1.54) is 15.7 Å². The van der Waals surface area contributed by atoms with Gasteiger partial charge in [-0.3, -0.25) is 0 Å². The molecule has 0 atom stereocenters. The Morgan fingerprint density at radius 2 is 1.67 bits per heavy atom. The maximum Gasteiger partial charge on any atom is 0.109 e. The van der Waals surface area contributed by atoms with E-state index in [1.807, 2.05) is 36.5 Å². The Labute approximate surface area is 118 Å². The maximum absolute atomic E-state index is 4.49. The highest BCUT2D eigenvalue weighted by atomic mass is 79.9. The third kappa shape index (κ3) is 2.28. The summed E-state index contributed by atoms with van der Waals surface area (Å²) >= 11 is 5.27. The predicted molar refractivity (Wildman–Crippen MR) is 80.0 cm³/mol. The van der Waals surface area contributed by atoms with Gasteiger partial charge in [-0.15, -0.1) is 0 Å². The minimum absolute atomic E-state index is 1.04. The van der Waals surface area contributed by atoms with Gasteiger partial charge in [-0.2, -0.15) is 0 Å². The van der Waals surface area contributed by atoms with Crippen LogP contribution in [-0.2, 0) is 0 Å². The zero-order chi connectivity index (χ0) is 12.4. The van der Waals surface area contributed by atoms with Gasteiger partial charge in [0.05, 0.1) is 0 Å². The van der Waals surface area contributed by atoms with Gasteiger partial charge in [-0.1, -0.05) is 58.0 Å². The summed E-state index contributed by atoms with van der Waals surface area (Å²) in [6.45, 7) is 0. The Morgan fingerprint density at radius 1 is 0.833 bits per heavy atom. The summed E-state index contributed by atoms with van der Waals surface area (Å²) in [5, 5.41) is 3.42. The number of hydrogen-bond acceptors (Lipinski definition) is 2. The zero-order valence-corrected chi connectivity index (χ0v) is 11.9. The first-order valence-electron chi connectivity index (χ1n) is 5.61. The van der Waals surface area contributed by atoms with Gasteiger partial charge in [0.1, 0.15) is 5.03 Å². The molecule has 0 aliphatic carbocycles. The molecule has 0 radical (unpaired) electrons. The Bertz CT molecular complexity index is 682. The van der Waals surface area contributed by atoms with Gasteiger partial charge in [0.2, 0.25) is 0 Å². The standard InChI is InChI=1S/C15H10BrNS/c16-14-8-4-7-13-12(14)9-10-17-15(13)18-11-5-2-1-3-6-11/h1-10H. The van der Waals surface area contributed by atoms with E-state index in [0.717, 1.165) is 9.50 Å². The largest absolute Gasteiger partial charge is 0.249 e. The van der Waals surface area contributed by atoms with Crippen LogP contribution in [0.15, 0.2) is 75.2 Å². The fraction of sp³-hybridized carbons (Fsp3) is 0. The monoisotopic (exact) mass is 315 g/mol.